The Labute approximate surface area is 222 Å². The van der Waals surface area contributed by atoms with E-state index in [0.717, 1.165) is 22.6 Å². The first-order valence-corrected chi connectivity index (χ1v) is 13.0. The molecule has 4 aromatic rings. The normalized spacial score (nSPS) is 11.6. The van der Waals surface area contributed by atoms with Crippen molar-refractivity contribution in [3.05, 3.63) is 89.5 Å². The maximum absolute atomic E-state index is 12.5. The standard InChI is InChI=1S/C29H31N5O2S/c1-20-6-8-21(9-7-20)18-30-31-26(35)19-37-28-33-32-27(22-10-12-23(13-11-22)29(2,3)4)34(28)24-14-16-25(36-5)17-15-24/h6-18H,19H2,1-5H3,(H,31,35). The van der Waals surface area contributed by atoms with Crippen LogP contribution in [0.15, 0.2) is 83.1 Å². The molecule has 1 N–H and O–H groups in total. The zero-order valence-electron chi connectivity index (χ0n) is 21.7. The molecular weight excluding hydrogens is 482 g/mol. The van der Waals surface area contributed by atoms with Crippen LogP contribution in [-0.2, 0) is 10.2 Å². The van der Waals surface area contributed by atoms with Gasteiger partial charge < -0.3 is 4.74 Å². The minimum Gasteiger partial charge on any atom is -0.497 e. The molecule has 1 aromatic heterocycles. The summed E-state index contributed by atoms with van der Waals surface area (Å²) >= 11 is 1.30. The second kappa shape index (κ2) is 11.4. The molecule has 190 valence electrons. The third-order valence-corrected chi connectivity index (χ3v) is 6.71. The van der Waals surface area contributed by atoms with Crippen LogP contribution in [0.5, 0.6) is 5.75 Å². The Morgan fingerprint density at radius 2 is 1.68 bits per heavy atom. The van der Waals surface area contributed by atoms with E-state index >= 15 is 0 Å². The number of rotatable bonds is 8. The number of amides is 1. The van der Waals surface area contributed by atoms with Gasteiger partial charge in [0.1, 0.15) is 5.75 Å². The van der Waals surface area contributed by atoms with Crippen molar-refractivity contribution in [2.45, 2.75) is 38.3 Å². The van der Waals surface area contributed by atoms with Crippen LogP contribution >= 0.6 is 11.8 Å². The molecule has 8 heteroatoms. The van der Waals surface area contributed by atoms with Crippen LogP contribution in [0.25, 0.3) is 17.1 Å². The fourth-order valence-corrected chi connectivity index (χ4v) is 4.37. The predicted molar refractivity (Wildman–Crippen MR) is 150 cm³/mol. The Balaban J connectivity index is 1.54. The van der Waals surface area contributed by atoms with Gasteiger partial charge in [-0.05, 0) is 47.7 Å². The second-order valence-electron chi connectivity index (χ2n) is 9.66. The molecule has 7 nitrogen and oxygen atoms in total. The minimum absolute atomic E-state index is 0.0541. The lowest BCUT2D eigenvalue weighted by Gasteiger charge is -2.19. The lowest BCUT2D eigenvalue weighted by molar-refractivity contribution is -0.118. The third kappa shape index (κ3) is 6.65. The van der Waals surface area contributed by atoms with Gasteiger partial charge in [-0.1, -0.05) is 86.6 Å². The highest BCUT2D eigenvalue weighted by Gasteiger charge is 2.19. The van der Waals surface area contributed by atoms with Crippen LogP contribution in [0, 0.1) is 6.92 Å². The van der Waals surface area contributed by atoms with Crippen molar-refractivity contribution >= 4 is 23.9 Å². The molecule has 37 heavy (non-hydrogen) atoms. The van der Waals surface area contributed by atoms with Gasteiger partial charge in [0.15, 0.2) is 11.0 Å². The zero-order chi connectivity index (χ0) is 26.4. The van der Waals surface area contributed by atoms with E-state index in [1.807, 2.05) is 60.0 Å². The number of carbonyl (C=O) groups is 1. The van der Waals surface area contributed by atoms with Crippen LogP contribution in [-0.4, -0.2) is 39.7 Å². The maximum atomic E-state index is 12.5. The summed E-state index contributed by atoms with van der Waals surface area (Å²) in [4.78, 5) is 12.5. The summed E-state index contributed by atoms with van der Waals surface area (Å²) in [5, 5.41) is 13.6. The summed E-state index contributed by atoms with van der Waals surface area (Å²) in [7, 11) is 1.64. The smallest absolute Gasteiger partial charge is 0.250 e. The van der Waals surface area contributed by atoms with E-state index < -0.39 is 0 Å². The maximum Gasteiger partial charge on any atom is 0.250 e. The summed E-state index contributed by atoms with van der Waals surface area (Å²) in [6.07, 6.45) is 1.63. The van der Waals surface area contributed by atoms with Gasteiger partial charge in [-0.15, -0.1) is 10.2 Å². The van der Waals surface area contributed by atoms with E-state index in [1.165, 1.54) is 22.9 Å². The summed E-state index contributed by atoms with van der Waals surface area (Å²) in [6.45, 7) is 8.59. The quantitative estimate of drug-likeness (QED) is 0.183. The van der Waals surface area contributed by atoms with E-state index in [1.54, 1.807) is 13.3 Å². The topological polar surface area (TPSA) is 81.4 Å². The van der Waals surface area contributed by atoms with Crippen LogP contribution in [0.3, 0.4) is 0 Å². The molecule has 1 heterocycles. The lowest BCUT2D eigenvalue weighted by Crippen LogP contribution is -2.20. The van der Waals surface area contributed by atoms with Gasteiger partial charge in [0.2, 0.25) is 0 Å². The third-order valence-electron chi connectivity index (χ3n) is 5.79. The summed E-state index contributed by atoms with van der Waals surface area (Å²) in [6, 6.07) is 23.9. The van der Waals surface area contributed by atoms with Gasteiger partial charge in [-0.2, -0.15) is 5.10 Å². The van der Waals surface area contributed by atoms with Crippen LogP contribution in [0.1, 0.15) is 37.5 Å². The monoisotopic (exact) mass is 513 g/mol. The van der Waals surface area contributed by atoms with Crippen molar-refractivity contribution in [2.24, 2.45) is 5.10 Å². The molecule has 0 atom stereocenters. The molecule has 3 aromatic carbocycles. The molecular formula is C29H31N5O2S. The molecule has 0 aliphatic carbocycles. The van der Waals surface area contributed by atoms with E-state index in [-0.39, 0.29) is 17.1 Å². The van der Waals surface area contributed by atoms with Crippen LogP contribution < -0.4 is 10.2 Å². The summed E-state index contributed by atoms with van der Waals surface area (Å²) in [5.74, 6) is 1.37. The van der Waals surface area contributed by atoms with Gasteiger partial charge in [-0.3, -0.25) is 9.36 Å². The number of nitrogens with zero attached hydrogens (tertiary/aromatic N) is 4. The Morgan fingerprint density at radius 1 is 1.00 bits per heavy atom. The predicted octanol–water partition coefficient (Wildman–Crippen LogP) is 5.79. The Bertz CT molecular complexity index is 1370. The number of aromatic nitrogens is 3. The zero-order valence-corrected chi connectivity index (χ0v) is 22.5. The molecule has 0 aliphatic rings. The van der Waals surface area contributed by atoms with Crippen molar-refractivity contribution in [2.75, 3.05) is 12.9 Å². The van der Waals surface area contributed by atoms with Crippen LogP contribution in [0.4, 0.5) is 0 Å². The highest BCUT2D eigenvalue weighted by Crippen LogP contribution is 2.30. The molecule has 0 unspecified atom stereocenters. The van der Waals surface area contributed by atoms with E-state index in [0.29, 0.717) is 11.0 Å². The van der Waals surface area contributed by atoms with Gasteiger partial charge >= 0.3 is 0 Å². The fraction of sp³-hybridized carbons (Fsp3) is 0.241. The lowest BCUT2D eigenvalue weighted by atomic mass is 9.87. The van der Waals surface area contributed by atoms with Crippen LogP contribution in [0.2, 0.25) is 0 Å². The van der Waals surface area contributed by atoms with Crippen molar-refractivity contribution in [1.29, 1.82) is 0 Å². The Hall–Kier alpha value is -3.91. The van der Waals surface area contributed by atoms with Crippen molar-refractivity contribution in [3.63, 3.8) is 0 Å². The average Bonchev–Trinajstić information content (AvgIpc) is 3.32. The molecule has 0 aliphatic heterocycles. The number of hydrazone groups is 1. The molecule has 0 fully saturated rings. The summed E-state index contributed by atoms with van der Waals surface area (Å²) in [5.41, 5.74) is 7.78. The number of carbonyl (C=O) groups excluding carboxylic acids is 1. The van der Waals surface area contributed by atoms with E-state index in [2.05, 4.69) is 65.8 Å². The van der Waals surface area contributed by atoms with Crippen molar-refractivity contribution < 1.29 is 9.53 Å². The number of aryl methyl sites for hydroxylation is 1. The number of nitrogens with one attached hydrogen (secondary N) is 1. The fourth-order valence-electron chi connectivity index (χ4n) is 3.63. The molecule has 4 rings (SSSR count). The highest BCUT2D eigenvalue weighted by molar-refractivity contribution is 7.99. The average molecular weight is 514 g/mol. The largest absolute Gasteiger partial charge is 0.497 e. The molecule has 0 saturated carbocycles. The first-order chi connectivity index (χ1) is 17.7. The first kappa shape index (κ1) is 26.2. The second-order valence-corrected chi connectivity index (χ2v) is 10.6. The number of thioether (sulfide) groups is 1. The van der Waals surface area contributed by atoms with Crippen molar-refractivity contribution in [1.82, 2.24) is 20.2 Å². The molecule has 1 amide bonds. The number of hydrogen-bond donors (Lipinski definition) is 1. The number of benzene rings is 3. The van der Waals surface area contributed by atoms with E-state index in [9.17, 15) is 4.79 Å². The Morgan fingerprint density at radius 3 is 2.30 bits per heavy atom. The molecule has 0 radical (unpaired) electrons. The molecule has 0 bridgehead atoms. The first-order valence-electron chi connectivity index (χ1n) is 12.0. The van der Waals surface area contributed by atoms with Gasteiger partial charge in [0.25, 0.3) is 5.91 Å². The molecule has 0 saturated heterocycles. The Kier molecular flexibility index (Phi) is 8.08. The molecule has 0 spiro atoms. The number of hydrogen-bond acceptors (Lipinski definition) is 6. The SMILES string of the molecule is COc1ccc(-n2c(SCC(=O)NN=Cc3ccc(C)cc3)nnc2-c2ccc(C(C)(C)C)cc2)cc1. The number of methoxy groups -OCH3 is 1. The number of ether oxygens (including phenoxy) is 1. The van der Waals surface area contributed by atoms with Gasteiger partial charge in [0.05, 0.1) is 19.1 Å². The van der Waals surface area contributed by atoms with Gasteiger partial charge in [-0.25, -0.2) is 5.43 Å². The van der Waals surface area contributed by atoms with Gasteiger partial charge in [0, 0.05) is 11.3 Å². The van der Waals surface area contributed by atoms with E-state index in [4.69, 9.17) is 4.74 Å². The van der Waals surface area contributed by atoms with Crippen molar-refractivity contribution in [3.8, 4) is 22.8 Å². The minimum atomic E-state index is -0.228. The highest BCUT2D eigenvalue weighted by atomic mass is 32.2. The summed E-state index contributed by atoms with van der Waals surface area (Å²) < 4.78 is 7.28.